The van der Waals surface area contributed by atoms with Gasteiger partial charge in [-0.3, -0.25) is 4.90 Å². The summed E-state index contributed by atoms with van der Waals surface area (Å²) < 4.78 is 46.0. The van der Waals surface area contributed by atoms with E-state index in [-0.39, 0.29) is 5.69 Å². The van der Waals surface area contributed by atoms with Crippen LogP contribution in [0.4, 0.5) is 29.3 Å². The Labute approximate surface area is 223 Å². The molecule has 0 saturated carbocycles. The summed E-state index contributed by atoms with van der Waals surface area (Å²) in [5.41, 5.74) is 2.86. The average molecular weight is 534 g/mol. The van der Waals surface area contributed by atoms with E-state index in [0.717, 1.165) is 17.7 Å². The van der Waals surface area contributed by atoms with Crippen LogP contribution in [0.5, 0.6) is 11.6 Å². The van der Waals surface area contributed by atoms with E-state index >= 15 is 0 Å². The van der Waals surface area contributed by atoms with Gasteiger partial charge in [-0.15, -0.1) is 0 Å². The molecule has 0 saturated heterocycles. The van der Waals surface area contributed by atoms with E-state index in [0.29, 0.717) is 65.8 Å². The second-order valence-corrected chi connectivity index (χ2v) is 9.18. The molecule has 4 aromatic rings. The third-order valence-corrected chi connectivity index (χ3v) is 6.48. The summed E-state index contributed by atoms with van der Waals surface area (Å²) in [5.74, 6) is 1.63. The number of hydrogen-bond donors (Lipinski definition) is 1. The molecule has 5 rings (SSSR count). The number of rotatable bonds is 5. The highest BCUT2D eigenvalue weighted by Crippen LogP contribution is 2.36. The van der Waals surface area contributed by atoms with Gasteiger partial charge in [0.05, 0.1) is 16.8 Å². The molecule has 2 amide bonds. The van der Waals surface area contributed by atoms with Gasteiger partial charge < -0.3 is 10.1 Å². The van der Waals surface area contributed by atoms with Gasteiger partial charge in [0, 0.05) is 36.7 Å². The molecule has 2 aromatic carbocycles. The number of pyridine rings is 1. The fraction of sp³-hybridized carbons (Fsp3) is 0.241. The number of amides is 2. The second-order valence-electron chi connectivity index (χ2n) is 9.18. The largest absolute Gasteiger partial charge is 0.438 e. The van der Waals surface area contributed by atoms with Crippen molar-refractivity contribution >= 4 is 17.4 Å². The number of anilines is 2. The van der Waals surface area contributed by atoms with E-state index in [2.05, 4.69) is 20.3 Å². The van der Waals surface area contributed by atoms with Crippen LogP contribution in [-0.2, 0) is 19.0 Å². The van der Waals surface area contributed by atoms with Gasteiger partial charge in [0.2, 0.25) is 5.88 Å². The summed E-state index contributed by atoms with van der Waals surface area (Å²) in [5, 5.41) is 2.81. The summed E-state index contributed by atoms with van der Waals surface area (Å²) in [6.45, 7) is 4.14. The Morgan fingerprint density at radius 2 is 1.92 bits per heavy atom. The monoisotopic (exact) mass is 533 g/mol. The molecule has 10 heteroatoms. The number of hydrogen-bond acceptors (Lipinski definition) is 5. The van der Waals surface area contributed by atoms with Crippen LogP contribution in [0.3, 0.4) is 0 Å². The van der Waals surface area contributed by atoms with Gasteiger partial charge in [-0.25, -0.2) is 19.7 Å². The van der Waals surface area contributed by atoms with Crippen LogP contribution in [-0.4, -0.2) is 27.5 Å². The molecule has 0 radical (unpaired) electrons. The highest BCUT2D eigenvalue weighted by Gasteiger charge is 2.33. The first-order valence-electron chi connectivity index (χ1n) is 12.6. The van der Waals surface area contributed by atoms with E-state index in [9.17, 15) is 18.0 Å². The normalized spacial score (nSPS) is 13.1. The van der Waals surface area contributed by atoms with Crippen molar-refractivity contribution in [3.8, 4) is 22.9 Å². The van der Waals surface area contributed by atoms with Crippen LogP contribution in [0.15, 0.2) is 67.0 Å². The number of carbonyl (C=O) groups is 1. The molecule has 0 atom stereocenters. The first-order valence-corrected chi connectivity index (χ1v) is 12.6. The minimum Gasteiger partial charge on any atom is -0.438 e. The van der Waals surface area contributed by atoms with Crippen LogP contribution in [0.25, 0.3) is 11.3 Å². The van der Waals surface area contributed by atoms with Gasteiger partial charge in [-0.1, -0.05) is 13.0 Å². The zero-order chi connectivity index (χ0) is 27.6. The standard InChI is InChI=1S/C29H26F3N5O2/c1-3-26-33-14-12-23(36-26)22-7-4-13-34-27(22)39-25-11-10-21(16-18(25)2)35-28(38)37-15-5-6-19-8-9-20(17-24(19)37)29(30,31)32/h4,7-14,16-17H,3,5-6,15H2,1-2H3,(H,35,38). The zero-order valence-corrected chi connectivity index (χ0v) is 21.4. The van der Waals surface area contributed by atoms with Gasteiger partial charge in [-0.2, -0.15) is 13.2 Å². The van der Waals surface area contributed by atoms with Crippen molar-refractivity contribution in [3.63, 3.8) is 0 Å². The second kappa shape index (κ2) is 10.7. The number of nitrogens with zero attached hydrogens (tertiary/aromatic N) is 4. The topological polar surface area (TPSA) is 80.2 Å². The molecule has 0 spiro atoms. The van der Waals surface area contributed by atoms with Crippen LogP contribution in [0.1, 0.15) is 35.9 Å². The average Bonchev–Trinajstić information content (AvgIpc) is 2.93. The molecule has 3 heterocycles. The van der Waals surface area contributed by atoms with E-state index in [1.54, 1.807) is 42.7 Å². The molecular weight excluding hydrogens is 507 g/mol. The number of fused-ring (bicyclic) bond motifs is 1. The molecule has 0 aliphatic carbocycles. The van der Waals surface area contributed by atoms with Crippen molar-refractivity contribution in [2.75, 3.05) is 16.8 Å². The Balaban J connectivity index is 1.35. The summed E-state index contributed by atoms with van der Waals surface area (Å²) >= 11 is 0. The van der Waals surface area contributed by atoms with Crippen molar-refractivity contribution in [1.82, 2.24) is 15.0 Å². The lowest BCUT2D eigenvalue weighted by atomic mass is 9.99. The maximum atomic E-state index is 13.3. The van der Waals surface area contributed by atoms with E-state index in [4.69, 9.17) is 4.74 Å². The highest BCUT2D eigenvalue weighted by atomic mass is 19.4. The Bertz CT molecular complexity index is 1520. The first kappa shape index (κ1) is 26.1. The Morgan fingerprint density at radius 3 is 2.69 bits per heavy atom. The number of aryl methyl sites for hydroxylation is 3. The van der Waals surface area contributed by atoms with E-state index in [1.807, 2.05) is 19.9 Å². The molecule has 1 aliphatic heterocycles. The summed E-state index contributed by atoms with van der Waals surface area (Å²) in [4.78, 5) is 27.7. The third-order valence-electron chi connectivity index (χ3n) is 6.48. The molecule has 7 nitrogen and oxygen atoms in total. The first-order chi connectivity index (χ1) is 18.7. The fourth-order valence-corrected chi connectivity index (χ4v) is 4.49. The Morgan fingerprint density at radius 1 is 1.08 bits per heavy atom. The van der Waals surface area contributed by atoms with E-state index < -0.39 is 17.8 Å². The predicted octanol–water partition coefficient (Wildman–Crippen LogP) is 7.21. The van der Waals surface area contributed by atoms with Crippen molar-refractivity contribution in [3.05, 3.63) is 89.5 Å². The number of ether oxygens (including phenoxy) is 1. The summed E-state index contributed by atoms with van der Waals surface area (Å²) in [6, 6.07) is 13.7. The molecule has 39 heavy (non-hydrogen) atoms. The third kappa shape index (κ3) is 5.69. The van der Waals surface area contributed by atoms with Gasteiger partial charge in [0.25, 0.3) is 0 Å². The van der Waals surface area contributed by atoms with Gasteiger partial charge in [0.15, 0.2) is 0 Å². The lowest BCUT2D eigenvalue weighted by Gasteiger charge is -2.30. The van der Waals surface area contributed by atoms with Crippen molar-refractivity contribution in [1.29, 1.82) is 0 Å². The van der Waals surface area contributed by atoms with E-state index in [1.165, 1.54) is 11.0 Å². The predicted molar refractivity (Wildman–Crippen MR) is 142 cm³/mol. The lowest BCUT2D eigenvalue weighted by Crippen LogP contribution is -2.38. The van der Waals surface area contributed by atoms with Crippen LogP contribution in [0.2, 0.25) is 0 Å². The molecule has 200 valence electrons. The zero-order valence-electron chi connectivity index (χ0n) is 21.4. The molecule has 2 aromatic heterocycles. The van der Waals surface area contributed by atoms with Crippen LogP contribution < -0.4 is 15.0 Å². The number of carbonyl (C=O) groups excluding carboxylic acids is 1. The summed E-state index contributed by atoms with van der Waals surface area (Å²) in [6.07, 6.45) is 0.823. The molecule has 0 unspecified atom stereocenters. The quantitative estimate of drug-likeness (QED) is 0.293. The fourth-order valence-electron chi connectivity index (χ4n) is 4.49. The Hall–Kier alpha value is -4.47. The number of alkyl halides is 3. The molecule has 0 bridgehead atoms. The SMILES string of the molecule is CCc1nccc(-c2cccnc2Oc2ccc(NC(=O)N3CCCc4ccc(C(F)(F)F)cc43)cc2C)n1. The van der Waals surface area contributed by atoms with Gasteiger partial charge >= 0.3 is 12.2 Å². The molecule has 0 fully saturated rings. The van der Waals surface area contributed by atoms with Crippen molar-refractivity contribution < 1.29 is 22.7 Å². The maximum absolute atomic E-state index is 13.3. The number of benzene rings is 2. The minimum absolute atomic E-state index is 0.281. The number of aromatic nitrogens is 3. The summed E-state index contributed by atoms with van der Waals surface area (Å²) in [7, 11) is 0. The molecule has 1 aliphatic rings. The maximum Gasteiger partial charge on any atom is 0.416 e. The smallest absolute Gasteiger partial charge is 0.416 e. The minimum atomic E-state index is -4.49. The lowest BCUT2D eigenvalue weighted by molar-refractivity contribution is -0.137. The number of nitrogens with one attached hydrogen (secondary N) is 1. The Kier molecular flexibility index (Phi) is 7.19. The number of halogens is 3. The van der Waals surface area contributed by atoms with Gasteiger partial charge in [0.1, 0.15) is 11.6 Å². The molecule has 1 N–H and O–H groups in total. The van der Waals surface area contributed by atoms with Crippen molar-refractivity contribution in [2.45, 2.75) is 39.3 Å². The molecular formula is C29H26F3N5O2. The van der Waals surface area contributed by atoms with Crippen LogP contribution in [0, 0.1) is 6.92 Å². The van der Waals surface area contributed by atoms with Crippen LogP contribution >= 0.6 is 0 Å². The van der Waals surface area contributed by atoms with Gasteiger partial charge in [-0.05, 0) is 79.4 Å². The highest BCUT2D eigenvalue weighted by molar-refractivity contribution is 6.02. The number of urea groups is 1. The van der Waals surface area contributed by atoms with Crippen molar-refractivity contribution in [2.24, 2.45) is 0 Å².